The van der Waals surface area contributed by atoms with Crippen LogP contribution >= 0.6 is 11.8 Å². The van der Waals surface area contributed by atoms with Crippen molar-refractivity contribution < 1.29 is 18.7 Å². The van der Waals surface area contributed by atoms with Crippen LogP contribution in [0.2, 0.25) is 0 Å². The zero-order valence-corrected chi connectivity index (χ0v) is 12.0. The van der Waals surface area contributed by atoms with Gasteiger partial charge in [0.1, 0.15) is 19.0 Å². The molecular weight excluding hydrogens is 291 g/mol. The van der Waals surface area contributed by atoms with Crippen LogP contribution in [0.4, 0.5) is 4.39 Å². The van der Waals surface area contributed by atoms with Crippen molar-refractivity contribution in [2.45, 2.75) is 4.90 Å². The van der Waals surface area contributed by atoms with Gasteiger partial charge in [-0.2, -0.15) is 0 Å². The number of rotatable bonds is 4. The van der Waals surface area contributed by atoms with Crippen molar-refractivity contribution in [2.75, 3.05) is 19.0 Å². The van der Waals surface area contributed by atoms with E-state index in [4.69, 9.17) is 9.47 Å². The number of thioether (sulfide) groups is 1. The largest absolute Gasteiger partial charge is 0.486 e. The van der Waals surface area contributed by atoms with Gasteiger partial charge < -0.3 is 9.47 Å². The van der Waals surface area contributed by atoms with E-state index in [0.29, 0.717) is 24.5 Å². The summed E-state index contributed by atoms with van der Waals surface area (Å²) in [6.45, 7) is 1.08. The maximum absolute atomic E-state index is 13.1. The molecule has 1 aliphatic rings. The maximum atomic E-state index is 13.1. The highest BCUT2D eigenvalue weighted by molar-refractivity contribution is 8.00. The number of hydrogen-bond donors (Lipinski definition) is 0. The fourth-order valence-electron chi connectivity index (χ4n) is 2.01. The van der Waals surface area contributed by atoms with Gasteiger partial charge in [-0.05, 0) is 30.3 Å². The van der Waals surface area contributed by atoms with E-state index >= 15 is 0 Å². The number of fused-ring (bicyclic) bond motifs is 1. The molecule has 0 unspecified atom stereocenters. The van der Waals surface area contributed by atoms with Gasteiger partial charge in [0.2, 0.25) is 0 Å². The van der Waals surface area contributed by atoms with E-state index in [9.17, 15) is 9.18 Å². The Morgan fingerprint density at radius 2 is 1.90 bits per heavy atom. The second-order valence-corrected chi connectivity index (χ2v) is 5.58. The van der Waals surface area contributed by atoms with Crippen LogP contribution in [0.15, 0.2) is 47.4 Å². The zero-order valence-electron chi connectivity index (χ0n) is 11.2. The number of ether oxygens (including phenoxy) is 2. The van der Waals surface area contributed by atoms with Crippen molar-refractivity contribution in [3.05, 3.63) is 53.8 Å². The first kappa shape index (κ1) is 13.9. The molecule has 0 radical (unpaired) electrons. The van der Waals surface area contributed by atoms with Crippen LogP contribution in [0.25, 0.3) is 0 Å². The third-order valence-electron chi connectivity index (χ3n) is 3.03. The smallest absolute Gasteiger partial charge is 0.173 e. The van der Waals surface area contributed by atoms with Crippen molar-refractivity contribution in [1.29, 1.82) is 0 Å². The monoisotopic (exact) mass is 304 g/mol. The fourth-order valence-corrected chi connectivity index (χ4v) is 2.83. The van der Waals surface area contributed by atoms with E-state index in [0.717, 1.165) is 10.6 Å². The van der Waals surface area contributed by atoms with Crippen molar-refractivity contribution in [1.82, 2.24) is 0 Å². The molecule has 5 heteroatoms. The van der Waals surface area contributed by atoms with Gasteiger partial charge >= 0.3 is 0 Å². The maximum Gasteiger partial charge on any atom is 0.173 e. The van der Waals surface area contributed by atoms with E-state index in [1.165, 1.54) is 30.0 Å². The molecule has 3 nitrogen and oxygen atoms in total. The fraction of sp³-hybridized carbons (Fsp3) is 0.188. The highest BCUT2D eigenvalue weighted by Gasteiger charge is 2.13. The summed E-state index contributed by atoms with van der Waals surface area (Å²) in [5, 5.41) is 0. The van der Waals surface area contributed by atoms with Crippen molar-refractivity contribution in [2.24, 2.45) is 0 Å². The highest BCUT2D eigenvalue weighted by Crippen LogP contribution is 2.34. The second-order valence-electron chi connectivity index (χ2n) is 4.53. The van der Waals surface area contributed by atoms with Gasteiger partial charge in [0.05, 0.1) is 5.75 Å². The first-order valence-corrected chi connectivity index (χ1v) is 7.52. The summed E-state index contributed by atoms with van der Waals surface area (Å²) in [4.78, 5) is 12.9. The molecule has 2 aromatic carbocycles. The number of hydrogen-bond acceptors (Lipinski definition) is 4. The average Bonchev–Trinajstić information content (AvgIpc) is 2.52. The second kappa shape index (κ2) is 6.18. The summed E-state index contributed by atoms with van der Waals surface area (Å²) in [7, 11) is 0. The molecule has 0 spiro atoms. The first-order chi connectivity index (χ1) is 10.2. The molecule has 2 aromatic rings. The van der Waals surface area contributed by atoms with E-state index < -0.39 is 5.82 Å². The van der Waals surface area contributed by atoms with Crippen LogP contribution in [0.3, 0.4) is 0 Å². The molecule has 1 aliphatic heterocycles. The Bertz CT molecular complexity index is 672. The van der Waals surface area contributed by atoms with Gasteiger partial charge in [0.15, 0.2) is 17.3 Å². The first-order valence-electron chi connectivity index (χ1n) is 6.53. The minimum atomic E-state index is -0.398. The molecule has 0 bridgehead atoms. The summed E-state index contributed by atoms with van der Waals surface area (Å²) in [5.74, 6) is 1.18. The minimum absolute atomic E-state index is 0.102. The number of carbonyl (C=O) groups is 1. The topological polar surface area (TPSA) is 35.5 Å². The van der Waals surface area contributed by atoms with Gasteiger partial charge in [-0.1, -0.05) is 12.1 Å². The molecule has 108 valence electrons. The molecule has 0 saturated carbocycles. The van der Waals surface area contributed by atoms with Gasteiger partial charge in [0.25, 0.3) is 0 Å². The summed E-state index contributed by atoms with van der Waals surface area (Å²) >= 11 is 1.39. The van der Waals surface area contributed by atoms with E-state index in [1.807, 2.05) is 18.2 Å². The molecule has 21 heavy (non-hydrogen) atoms. The predicted octanol–water partition coefficient (Wildman–Crippen LogP) is 3.57. The summed E-state index contributed by atoms with van der Waals surface area (Å²) in [6, 6.07) is 11.3. The average molecular weight is 304 g/mol. The molecule has 0 amide bonds. The predicted molar refractivity (Wildman–Crippen MR) is 78.9 cm³/mol. The lowest BCUT2D eigenvalue weighted by molar-refractivity contribution is 0.102. The van der Waals surface area contributed by atoms with Crippen LogP contribution in [-0.2, 0) is 0 Å². The van der Waals surface area contributed by atoms with Crippen molar-refractivity contribution in [3.63, 3.8) is 0 Å². The van der Waals surface area contributed by atoms with Gasteiger partial charge in [-0.3, -0.25) is 4.79 Å². The molecule has 0 atom stereocenters. The Labute approximate surface area is 126 Å². The quantitative estimate of drug-likeness (QED) is 0.639. The third-order valence-corrected chi connectivity index (χ3v) is 4.02. The molecule has 0 aromatic heterocycles. The lowest BCUT2D eigenvalue weighted by Crippen LogP contribution is -2.15. The van der Waals surface area contributed by atoms with Gasteiger partial charge in [-0.25, -0.2) is 4.39 Å². The van der Waals surface area contributed by atoms with Crippen molar-refractivity contribution >= 4 is 17.5 Å². The van der Waals surface area contributed by atoms with Crippen LogP contribution in [0, 0.1) is 5.82 Å². The molecule has 1 heterocycles. The normalized spacial score (nSPS) is 13.0. The molecule has 0 aliphatic carbocycles. The van der Waals surface area contributed by atoms with E-state index in [1.54, 1.807) is 6.07 Å². The number of carbonyl (C=O) groups excluding carboxylic acids is 1. The highest BCUT2D eigenvalue weighted by atomic mass is 32.2. The Morgan fingerprint density at radius 1 is 1.10 bits per heavy atom. The third kappa shape index (κ3) is 3.36. The standard InChI is InChI=1S/C16H13FO3S/c17-12-3-1-2-11(8-12)14(18)10-21-13-4-5-15-16(9-13)20-7-6-19-15/h1-5,8-9H,6-7,10H2. The van der Waals surface area contributed by atoms with Crippen LogP contribution in [0.5, 0.6) is 11.5 Å². The van der Waals surface area contributed by atoms with Crippen LogP contribution in [-0.4, -0.2) is 24.7 Å². The lowest BCUT2D eigenvalue weighted by atomic mass is 10.1. The number of ketones is 1. The van der Waals surface area contributed by atoms with Gasteiger partial charge in [0, 0.05) is 10.5 Å². The SMILES string of the molecule is O=C(CSc1ccc2c(c1)OCCO2)c1cccc(F)c1. The van der Waals surface area contributed by atoms with Crippen LogP contribution < -0.4 is 9.47 Å². The molecule has 0 N–H and O–H groups in total. The zero-order chi connectivity index (χ0) is 14.7. The number of halogens is 1. The number of Topliss-reactive ketones (excluding diaryl/α,β-unsaturated/α-hetero) is 1. The van der Waals surface area contributed by atoms with E-state index in [2.05, 4.69) is 0 Å². The molecule has 0 saturated heterocycles. The van der Waals surface area contributed by atoms with Crippen LogP contribution in [0.1, 0.15) is 10.4 Å². The Balaban J connectivity index is 1.66. The van der Waals surface area contributed by atoms with Gasteiger partial charge in [-0.15, -0.1) is 11.8 Å². The lowest BCUT2D eigenvalue weighted by Gasteiger charge is -2.18. The Hall–Kier alpha value is -2.01. The van der Waals surface area contributed by atoms with E-state index in [-0.39, 0.29) is 11.5 Å². The van der Waals surface area contributed by atoms with Crippen molar-refractivity contribution in [3.8, 4) is 11.5 Å². The minimum Gasteiger partial charge on any atom is -0.486 e. The summed E-state index contributed by atoms with van der Waals surface area (Å²) in [5.41, 5.74) is 0.389. The molecular formula is C16H13FO3S. The summed E-state index contributed by atoms with van der Waals surface area (Å²) < 4.78 is 24.0. The summed E-state index contributed by atoms with van der Waals surface area (Å²) in [6.07, 6.45) is 0. The number of benzene rings is 2. The molecule has 3 rings (SSSR count). The Morgan fingerprint density at radius 3 is 2.71 bits per heavy atom. The molecule has 0 fully saturated rings. The Kier molecular flexibility index (Phi) is 4.10.